The first-order chi connectivity index (χ1) is 17.8. The summed E-state index contributed by atoms with van der Waals surface area (Å²) in [5.41, 5.74) is 3.53. The number of nitrogens with zero attached hydrogens (tertiary/aromatic N) is 5. The molecule has 195 valence electrons. The van der Waals surface area contributed by atoms with E-state index in [1.807, 2.05) is 50.4 Å². The Morgan fingerprint density at radius 1 is 0.919 bits per heavy atom. The van der Waals surface area contributed by atoms with Crippen molar-refractivity contribution in [1.29, 1.82) is 0 Å². The predicted octanol–water partition coefficient (Wildman–Crippen LogP) is 4.79. The summed E-state index contributed by atoms with van der Waals surface area (Å²) in [4.78, 5) is 21.9. The molecule has 1 aromatic carbocycles. The van der Waals surface area contributed by atoms with E-state index in [4.69, 9.17) is 4.42 Å². The van der Waals surface area contributed by atoms with E-state index in [1.54, 1.807) is 24.5 Å². The number of fused-ring (bicyclic) bond motifs is 1. The zero-order chi connectivity index (χ0) is 25.2. The van der Waals surface area contributed by atoms with Gasteiger partial charge in [0.1, 0.15) is 5.82 Å². The largest absolute Gasteiger partial charge is 0.446 e. The number of anilines is 1. The predicted molar refractivity (Wildman–Crippen MR) is 138 cm³/mol. The second-order valence-corrected chi connectivity index (χ2v) is 7.69. The molecular formula is C27H29FIrN7O-. The maximum absolute atomic E-state index is 13.8. The summed E-state index contributed by atoms with van der Waals surface area (Å²) in [5, 5.41) is 6.48. The number of benzene rings is 1. The van der Waals surface area contributed by atoms with Crippen LogP contribution < -0.4 is 15.6 Å². The maximum atomic E-state index is 13.8. The van der Waals surface area contributed by atoms with Crippen LogP contribution in [0.2, 0.25) is 0 Å². The van der Waals surface area contributed by atoms with Gasteiger partial charge in [0.25, 0.3) is 0 Å². The van der Waals surface area contributed by atoms with Crippen LogP contribution in [0.15, 0.2) is 71.5 Å². The molecule has 0 unspecified atom stereocenters. The van der Waals surface area contributed by atoms with E-state index in [9.17, 15) is 4.39 Å². The van der Waals surface area contributed by atoms with Gasteiger partial charge in [0.2, 0.25) is 0 Å². The molecule has 0 amide bonds. The van der Waals surface area contributed by atoms with Crippen molar-refractivity contribution in [1.82, 2.24) is 30.2 Å². The van der Waals surface area contributed by atoms with Crippen LogP contribution in [0, 0.1) is 5.82 Å². The van der Waals surface area contributed by atoms with Gasteiger partial charge < -0.3 is 25.0 Å². The molecule has 0 aliphatic rings. The molecule has 0 spiro atoms. The van der Waals surface area contributed by atoms with Crippen molar-refractivity contribution in [2.24, 2.45) is 0 Å². The molecule has 0 atom stereocenters. The molecule has 0 saturated heterocycles. The van der Waals surface area contributed by atoms with Gasteiger partial charge in [-0.05, 0) is 36.4 Å². The van der Waals surface area contributed by atoms with E-state index in [1.165, 1.54) is 6.07 Å². The van der Waals surface area contributed by atoms with Gasteiger partial charge in [0, 0.05) is 51.5 Å². The molecule has 5 aromatic rings. The Hall–Kier alpha value is -3.46. The van der Waals surface area contributed by atoms with E-state index >= 15 is 0 Å². The monoisotopic (exact) mass is 679 g/mol. The van der Waals surface area contributed by atoms with Crippen LogP contribution in [-0.2, 0) is 39.5 Å². The number of hydrogen-bond acceptors (Lipinski definition) is 7. The average molecular weight is 679 g/mol. The standard InChI is InChI=1S/C25H23FN7O.C2H6.Ir/c26-18-7-4-11-28-20(18)16-31-25-24-21(8-14-29-25)34-23(33-24)10-13-27-12-9-22-30-15-19(32-22)17-5-2-1-3-6-17;1-2;/h1-8,11,14-15,27H,9-10,12-13,16H2,(H-,29,30,31,32);1-2H3;/q-1;;. The van der Waals surface area contributed by atoms with Crippen molar-refractivity contribution in [3.8, 4) is 11.3 Å². The summed E-state index contributed by atoms with van der Waals surface area (Å²) in [6, 6.07) is 14.7. The molecule has 2 N–H and O–H groups in total. The van der Waals surface area contributed by atoms with Gasteiger partial charge in [-0.25, -0.2) is 14.4 Å². The molecule has 0 saturated carbocycles. The van der Waals surface area contributed by atoms with Gasteiger partial charge in [-0.15, -0.1) is 0 Å². The average Bonchev–Trinajstić information content (AvgIpc) is 3.57. The molecular weight excluding hydrogens is 650 g/mol. The number of rotatable bonds is 10. The van der Waals surface area contributed by atoms with E-state index in [2.05, 4.69) is 35.6 Å². The Balaban J connectivity index is 0.00000124. The van der Waals surface area contributed by atoms with Crippen LogP contribution in [-0.4, -0.2) is 33.0 Å². The van der Waals surface area contributed by atoms with Crippen molar-refractivity contribution >= 4 is 16.9 Å². The van der Waals surface area contributed by atoms with Crippen molar-refractivity contribution in [2.45, 2.75) is 33.2 Å². The van der Waals surface area contributed by atoms with Crippen molar-refractivity contribution in [3.63, 3.8) is 0 Å². The van der Waals surface area contributed by atoms with Gasteiger partial charge >= 0.3 is 0 Å². The Labute approximate surface area is 228 Å². The van der Waals surface area contributed by atoms with Crippen LogP contribution in [0.5, 0.6) is 0 Å². The first kappa shape index (κ1) is 28.1. The summed E-state index contributed by atoms with van der Waals surface area (Å²) in [7, 11) is 0. The van der Waals surface area contributed by atoms with E-state index in [0.717, 1.165) is 30.0 Å². The number of aromatic nitrogens is 5. The van der Waals surface area contributed by atoms with Gasteiger partial charge in [0.15, 0.2) is 22.8 Å². The molecule has 0 aliphatic carbocycles. The van der Waals surface area contributed by atoms with Crippen molar-refractivity contribution in [2.75, 3.05) is 18.4 Å². The fraction of sp³-hybridized carbons (Fsp3) is 0.259. The number of imidazole rings is 1. The number of nitrogens with one attached hydrogen (secondary N) is 2. The SMILES string of the molecule is CC.Fc1cccnc1CNc1nccc2oc(CCNCCc3nc(-c4ccccc4)c[n-]3)nc12.[Ir]. The molecule has 0 aliphatic heterocycles. The van der Waals surface area contributed by atoms with Crippen LogP contribution in [0.4, 0.5) is 10.2 Å². The summed E-state index contributed by atoms with van der Waals surface area (Å²) < 4.78 is 19.7. The number of halogens is 1. The molecule has 4 aromatic heterocycles. The van der Waals surface area contributed by atoms with Crippen molar-refractivity contribution in [3.05, 3.63) is 90.3 Å². The first-order valence-corrected chi connectivity index (χ1v) is 12.1. The number of pyridine rings is 2. The summed E-state index contributed by atoms with van der Waals surface area (Å²) in [5.74, 6) is 1.60. The molecule has 8 nitrogen and oxygen atoms in total. The van der Waals surface area contributed by atoms with E-state index in [0.29, 0.717) is 41.5 Å². The fourth-order valence-electron chi connectivity index (χ4n) is 3.57. The molecule has 0 bridgehead atoms. The van der Waals surface area contributed by atoms with Crippen LogP contribution in [0.1, 0.15) is 31.3 Å². The fourth-order valence-corrected chi connectivity index (χ4v) is 3.57. The van der Waals surface area contributed by atoms with Crippen molar-refractivity contribution < 1.29 is 28.9 Å². The third kappa shape index (κ3) is 7.52. The quantitative estimate of drug-likeness (QED) is 0.204. The second-order valence-electron chi connectivity index (χ2n) is 7.69. The smallest absolute Gasteiger partial charge is 0.196 e. The Morgan fingerprint density at radius 2 is 1.73 bits per heavy atom. The van der Waals surface area contributed by atoms with Gasteiger partial charge in [0.05, 0.1) is 12.2 Å². The summed E-state index contributed by atoms with van der Waals surface area (Å²) >= 11 is 0. The van der Waals surface area contributed by atoms with Crippen LogP contribution in [0.3, 0.4) is 0 Å². The minimum Gasteiger partial charge on any atom is -0.446 e. The van der Waals surface area contributed by atoms with Crippen LogP contribution >= 0.6 is 0 Å². The Kier molecular flexibility index (Phi) is 10.9. The molecule has 5 rings (SSSR count). The maximum Gasteiger partial charge on any atom is 0.196 e. The summed E-state index contributed by atoms with van der Waals surface area (Å²) in [6.45, 7) is 5.66. The number of oxazole rings is 1. The third-order valence-corrected chi connectivity index (χ3v) is 5.31. The summed E-state index contributed by atoms with van der Waals surface area (Å²) in [6.07, 6.45) is 6.37. The molecule has 1 radical (unpaired) electrons. The minimum absolute atomic E-state index is 0. The minimum atomic E-state index is -0.363. The Bertz CT molecular complexity index is 1370. The first-order valence-electron chi connectivity index (χ1n) is 12.1. The topological polar surface area (TPSA) is 103 Å². The third-order valence-electron chi connectivity index (χ3n) is 5.31. The zero-order valence-corrected chi connectivity index (χ0v) is 23.1. The molecule has 4 heterocycles. The normalized spacial score (nSPS) is 10.5. The van der Waals surface area contributed by atoms with Gasteiger partial charge in [-0.1, -0.05) is 56.2 Å². The van der Waals surface area contributed by atoms with E-state index in [-0.39, 0.29) is 32.5 Å². The van der Waals surface area contributed by atoms with Gasteiger partial charge in [-0.3, -0.25) is 4.98 Å². The number of hydrogen-bond donors (Lipinski definition) is 2. The Morgan fingerprint density at radius 3 is 2.54 bits per heavy atom. The second kappa shape index (κ2) is 14.3. The molecule has 0 fully saturated rings. The van der Waals surface area contributed by atoms with Crippen LogP contribution in [0.25, 0.3) is 22.4 Å². The molecule has 10 heteroatoms. The molecule has 37 heavy (non-hydrogen) atoms. The zero-order valence-electron chi connectivity index (χ0n) is 20.7. The van der Waals surface area contributed by atoms with Gasteiger partial charge in [-0.2, -0.15) is 0 Å². The van der Waals surface area contributed by atoms with E-state index < -0.39 is 0 Å².